The van der Waals surface area contributed by atoms with Crippen molar-refractivity contribution < 1.29 is 9.47 Å². The predicted octanol–water partition coefficient (Wildman–Crippen LogP) is 1.33. The highest BCUT2D eigenvalue weighted by molar-refractivity contribution is 9.09. The average Bonchev–Trinajstić information content (AvgIpc) is 2.34. The molecule has 0 saturated heterocycles. The Kier molecular flexibility index (Phi) is 6.10. The Hall–Kier alpha value is -0.880. The highest BCUT2D eigenvalue weighted by Crippen LogP contribution is 2.13. The number of anilines is 1. The highest BCUT2D eigenvalue weighted by atomic mass is 79.9. The summed E-state index contributed by atoms with van der Waals surface area (Å²) < 4.78 is 10.1. The van der Waals surface area contributed by atoms with Gasteiger partial charge < -0.3 is 14.4 Å². The van der Waals surface area contributed by atoms with E-state index in [1.807, 2.05) is 0 Å². The molecule has 1 aromatic rings. The maximum absolute atomic E-state index is 5.06. The molecule has 0 atom stereocenters. The van der Waals surface area contributed by atoms with Crippen molar-refractivity contribution in [2.45, 2.75) is 0 Å². The molecule has 0 aliphatic carbocycles. The number of alkyl halides is 1. The number of rotatable bonds is 7. The molecule has 6 heteroatoms. The Morgan fingerprint density at radius 3 is 2.75 bits per heavy atom. The van der Waals surface area contributed by atoms with E-state index in [9.17, 15) is 0 Å². The van der Waals surface area contributed by atoms with Crippen LogP contribution in [0.2, 0.25) is 0 Å². The van der Waals surface area contributed by atoms with Crippen molar-refractivity contribution in [1.29, 1.82) is 0 Å². The molecule has 5 nitrogen and oxygen atoms in total. The number of ether oxygens (including phenoxy) is 2. The lowest BCUT2D eigenvalue weighted by atomic mass is 10.4. The van der Waals surface area contributed by atoms with Crippen molar-refractivity contribution in [1.82, 2.24) is 9.97 Å². The van der Waals surface area contributed by atoms with Crippen LogP contribution < -0.4 is 9.64 Å². The summed E-state index contributed by atoms with van der Waals surface area (Å²) in [6.07, 6.45) is 3.31. The average molecular weight is 290 g/mol. The van der Waals surface area contributed by atoms with Crippen molar-refractivity contribution in [2.24, 2.45) is 0 Å². The lowest BCUT2D eigenvalue weighted by Crippen LogP contribution is -2.30. The Morgan fingerprint density at radius 1 is 1.31 bits per heavy atom. The molecule has 90 valence electrons. The van der Waals surface area contributed by atoms with Gasteiger partial charge in [-0.15, -0.1) is 0 Å². The molecule has 0 radical (unpaired) electrons. The Morgan fingerprint density at radius 2 is 2.12 bits per heavy atom. The zero-order chi connectivity index (χ0) is 11.8. The first-order valence-electron chi connectivity index (χ1n) is 4.97. The normalized spacial score (nSPS) is 10.2. The zero-order valence-electron chi connectivity index (χ0n) is 9.52. The van der Waals surface area contributed by atoms with Gasteiger partial charge in [0, 0.05) is 25.5 Å². The quantitative estimate of drug-likeness (QED) is 0.709. The molecule has 0 bridgehead atoms. The van der Waals surface area contributed by atoms with Crippen LogP contribution in [0.1, 0.15) is 0 Å². The summed E-state index contributed by atoms with van der Waals surface area (Å²) in [7, 11) is 3.27. The van der Waals surface area contributed by atoms with Crippen LogP contribution >= 0.6 is 15.9 Å². The van der Waals surface area contributed by atoms with Crippen LogP contribution in [-0.2, 0) is 4.74 Å². The number of halogens is 1. The van der Waals surface area contributed by atoms with E-state index in [1.165, 1.54) is 0 Å². The molecule has 0 amide bonds. The lowest BCUT2D eigenvalue weighted by Gasteiger charge is -2.22. The smallest absolute Gasteiger partial charge is 0.233 e. The monoisotopic (exact) mass is 289 g/mol. The van der Waals surface area contributed by atoms with E-state index < -0.39 is 0 Å². The van der Waals surface area contributed by atoms with Gasteiger partial charge in [0.25, 0.3) is 0 Å². The Bertz CT molecular complexity index is 312. The topological polar surface area (TPSA) is 47.5 Å². The number of methoxy groups -OCH3 is 2. The van der Waals surface area contributed by atoms with E-state index in [-0.39, 0.29) is 0 Å². The van der Waals surface area contributed by atoms with Crippen LogP contribution in [0.4, 0.5) is 5.82 Å². The second-order valence-corrected chi connectivity index (χ2v) is 3.88. The molecular formula is C10H16BrN3O2. The molecule has 0 saturated carbocycles. The third-order valence-corrected chi connectivity index (χ3v) is 2.41. The summed E-state index contributed by atoms with van der Waals surface area (Å²) in [5.74, 6) is 1.32. The van der Waals surface area contributed by atoms with Gasteiger partial charge in [0.05, 0.1) is 26.1 Å². The Balaban J connectivity index is 2.73. The van der Waals surface area contributed by atoms with Gasteiger partial charge in [0.2, 0.25) is 5.88 Å². The molecule has 1 aromatic heterocycles. The fourth-order valence-corrected chi connectivity index (χ4v) is 1.66. The van der Waals surface area contributed by atoms with Crippen LogP contribution in [0, 0.1) is 0 Å². The van der Waals surface area contributed by atoms with Crippen molar-refractivity contribution in [3.8, 4) is 5.88 Å². The molecule has 16 heavy (non-hydrogen) atoms. The van der Waals surface area contributed by atoms with Gasteiger partial charge in [-0.3, -0.25) is 4.98 Å². The van der Waals surface area contributed by atoms with Gasteiger partial charge in [-0.2, -0.15) is 4.98 Å². The molecule has 0 aliphatic heterocycles. The third-order valence-electron chi connectivity index (χ3n) is 2.05. The summed E-state index contributed by atoms with van der Waals surface area (Å²) in [5.41, 5.74) is 0. The largest absolute Gasteiger partial charge is 0.480 e. The first kappa shape index (κ1) is 13.2. The van der Waals surface area contributed by atoms with Crippen molar-refractivity contribution in [2.75, 3.05) is 44.1 Å². The molecule has 1 heterocycles. The second-order valence-electron chi connectivity index (χ2n) is 3.09. The maximum Gasteiger partial charge on any atom is 0.233 e. The molecule has 0 N–H and O–H groups in total. The number of hydrogen-bond acceptors (Lipinski definition) is 5. The van der Waals surface area contributed by atoms with E-state index in [0.717, 1.165) is 24.2 Å². The molecule has 0 fully saturated rings. The number of hydrogen-bond donors (Lipinski definition) is 0. The summed E-state index contributed by atoms with van der Waals surface area (Å²) in [6, 6.07) is 0. The summed E-state index contributed by atoms with van der Waals surface area (Å²) in [5, 5.41) is 0.871. The third kappa shape index (κ3) is 3.94. The molecule has 0 aliphatic rings. The molecule has 0 spiro atoms. The maximum atomic E-state index is 5.06. The second kappa shape index (κ2) is 7.40. The standard InChI is InChI=1S/C10H16BrN3O2/c1-15-6-5-14(4-3-11)9-7-12-8-10(13-9)16-2/h7-8H,3-6H2,1-2H3. The molecule has 0 unspecified atom stereocenters. The van der Waals surface area contributed by atoms with Gasteiger partial charge >= 0.3 is 0 Å². The summed E-state index contributed by atoms with van der Waals surface area (Å²) in [6.45, 7) is 2.29. The van der Waals surface area contributed by atoms with Gasteiger partial charge in [-0.1, -0.05) is 15.9 Å². The van der Waals surface area contributed by atoms with Crippen LogP contribution in [0.5, 0.6) is 5.88 Å². The van der Waals surface area contributed by atoms with Gasteiger partial charge in [-0.05, 0) is 0 Å². The van der Waals surface area contributed by atoms with Crippen LogP contribution in [-0.4, -0.2) is 49.2 Å². The summed E-state index contributed by atoms with van der Waals surface area (Å²) in [4.78, 5) is 10.5. The van der Waals surface area contributed by atoms with E-state index >= 15 is 0 Å². The van der Waals surface area contributed by atoms with Gasteiger partial charge in [0.1, 0.15) is 0 Å². The van der Waals surface area contributed by atoms with E-state index in [0.29, 0.717) is 12.5 Å². The fraction of sp³-hybridized carbons (Fsp3) is 0.600. The predicted molar refractivity (Wildman–Crippen MR) is 66.5 cm³/mol. The molecular weight excluding hydrogens is 274 g/mol. The Labute approximate surface area is 104 Å². The lowest BCUT2D eigenvalue weighted by molar-refractivity contribution is 0.205. The first-order chi connectivity index (χ1) is 7.81. The van der Waals surface area contributed by atoms with Crippen molar-refractivity contribution in [3.05, 3.63) is 12.4 Å². The molecule has 0 aromatic carbocycles. The van der Waals surface area contributed by atoms with E-state index in [4.69, 9.17) is 9.47 Å². The number of nitrogens with zero attached hydrogens (tertiary/aromatic N) is 3. The zero-order valence-corrected chi connectivity index (χ0v) is 11.1. The van der Waals surface area contributed by atoms with E-state index in [1.54, 1.807) is 26.6 Å². The molecule has 1 rings (SSSR count). The van der Waals surface area contributed by atoms with Crippen LogP contribution in [0.3, 0.4) is 0 Å². The van der Waals surface area contributed by atoms with Gasteiger partial charge in [0.15, 0.2) is 5.82 Å². The summed E-state index contributed by atoms with van der Waals surface area (Å²) >= 11 is 3.41. The highest BCUT2D eigenvalue weighted by Gasteiger charge is 2.08. The van der Waals surface area contributed by atoms with E-state index in [2.05, 4.69) is 30.8 Å². The minimum Gasteiger partial charge on any atom is -0.480 e. The van der Waals surface area contributed by atoms with Gasteiger partial charge in [-0.25, -0.2) is 0 Å². The fourth-order valence-electron chi connectivity index (χ4n) is 1.23. The van der Waals surface area contributed by atoms with Crippen molar-refractivity contribution in [3.63, 3.8) is 0 Å². The minimum absolute atomic E-state index is 0.523. The van der Waals surface area contributed by atoms with Crippen molar-refractivity contribution >= 4 is 21.7 Å². The van der Waals surface area contributed by atoms with Crippen LogP contribution in [0.25, 0.3) is 0 Å². The SMILES string of the molecule is COCCN(CCBr)c1cncc(OC)n1. The van der Waals surface area contributed by atoms with Crippen LogP contribution in [0.15, 0.2) is 12.4 Å². The minimum atomic E-state index is 0.523. The first-order valence-corrected chi connectivity index (χ1v) is 6.10. The number of aromatic nitrogens is 2.